The average molecular weight is 411 g/mol. The van der Waals surface area contributed by atoms with Gasteiger partial charge in [0.15, 0.2) is 0 Å². The van der Waals surface area contributed by atoms with Crippen molar-refractivity contribution in [3.05, 3.63) is 60.7 Å². The van der Waals surface area contributed by atoms with Crippen LogP contribution in [0, 0.1) is 0 Å². The molecule has 160 valence electrons. The molecule has 1 fully saturated rings. The predicted molar refractivity (Wildman–Crippen MR) is 117 cm³/mol. The minimum absolute atomic E-state index is 0.172. The Balaban J connectivity index is 1.22. The van der Waals surface area contributed by atoms with Crippen LogP contribution in [-0.2, 0) is 9.59 Å². The van der Waals surface area contributed by atoms with E-state index in [0.29, 0.717) is 32.4 Å². The summed E-state index contributed by atoms with van der Waals surface area (Å²) in [4.78, 5) is 28.5. The summed E-state index contributed by atoms with van der Waals surface area (Å²) in [5, 5.41) is 0. The molecule has 3 rings (SSSR count). The molecule has 0 saturated carbocycles. The van der Waals surface area contributed by atoms with Gasteiger partial charge in [-0.05, 0) is 30.7 Å². The lowest BCUT2D eigenvalue weighted by molar-refractivity contribution is -0.129. The topological polar surface area (TPSA) is 73.9 Å². The Labute approximate surface area is 178 Å². The van der Waals surface area contributed by atoms with Gasteiger partial charge >= 0.3 is 0 Å². The molecule has 1 saturated heterocycles. The van der Waals surface area contributed by atoms with E-state index < -0.39 is 0 Å². The Bertz CT molecular complexity index is 778. The van der Waals surface area contributed by atoms with Crippen LogP contribution in [0.1, 0.15) is 19.3 Å². The van der Waals surface area contributed by atoms with Crippen LogP contribution in [0.3, 0.4) is 0 Å². The standard InChI is InChI=1S/C23H30N4O3/c28-22(12-7-19-30-21-10-5-2-6-11-21)24-25-23(29)13-14-26-15-17-27(18-16-26)20-8-3-1-4-9-20/h1-6,8-11H,7,12-19H2,(H,24,28)(H,25,29). The Morgan fingerprint density at radius 3 is 2.07 bits per heavy atom. The molecule has 0 unspecified atom stereocenters. The molecule has 0 radical (unpaired) electrons. The summed E-state index contributed by atoms with van der Waals surface area (Å²) in [5.74, 6) is 0.404. The fraction of sp³-hybridized carbons (Fsp3) is 0.391. The van der Waals surface area contributed by atoms with E-state index in [1.54, 1.807) is 0 Å². The number of rotatable bonds is 9. The van der Waals surface area contributed by atoms with Gasteiger partial charge in [0, 0.05) is 51.3 Å². The molecule has 2 aromatic carbocycles. The maximum atomic E-state index is 12.0. The van der Waals surface area contributed by atoms with Crippen molar-refractivity contribution in [3.63, 3.8) is 0 Å². The van der Waals surface area contributed by atoms with Gasteiger partial charge in [-0.25, -0.2) is 0 Å². The third-order valence-corrected chi connectivity index (χ3v) is 5.05. The monoisotopic (exact) mass is 410 g/mol. The quantitative estimate of drug-likeness (QED) is 0.490. The van der Waals surface area contributed by atoms with Crippen molar-refractivity contribution in [1.82, 2.24) is 15.8 Å². The molecule has 1 aliphatic heterocycles. The summed E-state index contributed by atoms with van der Waals surface area (Å²) in [5.41, 5.74) is 6.22. The summed E-state index contributed by atoms with van der Waals surface area (Å²) < 4.78 is 5.55. The molecule has 0 aliphatic carbocycles. The van der Waals surface area contributed by atoms with Gasteiger partial charge in [0.1, 0.15) is 5.75 Å². The number of anilines is 1. The van der Waals surface area contributed by atoms with Crippen molar-refractivity contribution in [2.45, 2.75) is 19.3 Å². The van der Waals surface area contributed by atoms with E-state index >= 15 is 0 Å². The van der Waals surface area contributed by atoms with Crippen LogP contribution in [0.15, 0.2) is 60.7 Å². The number of hydrogen-bond acceptors (Lipinski definition) is 5. The smallest absolute Gasteiger partial charge is 0.239 e. The van der Waals surface area contributed by atoms with Crippen molar-refractivity contribution >= 4 is 17.5 Å². The average Bonchev–Trinajstić information content (AvgIpc) is 2.81. The SMILES string of the molecule is O=C(CCCOc1ccccc1)NNC(=O)CCN1CCN(c2ccccc2)CC1. The van der Waals surface area contributed by atoms with Gasteiger partial charge in [-0.3, -0.25) is 25.3 Å². The van der Waals surface area contributed by atoms with E-state index in [9.17, 15) is 9.59 Å². The minimum atomic E-state index is -0.212. The fourth-order valence-electron chi connectivity index (χ4n) is 3.33. The number of carbonyl (C=O) groups excluding carboxylic acids is 2. The van der Waals surface area contributed by atoms with Crippen LogP contribution in [0.2, 0.25) is 0 Å². The van der Waals surface area contributed by atoms with Gasteiger partial charge in [0.2, 0.25) is 11.8 Å². The Hall–Kier alpha value is -3.06. The number of nitrogens with zero attached hydrogens (tertiary/aromatic N) is 2. The molecule has 30 heavy (non-hydrogen) atoms. The van der Waals surface area contributed by atoms with Crippen LogP contribution in [-0.4, -0.2) is 56.0 Å². The molecule has 2 amide bonds. The zero-order chi connectivity index (χ0) is 21.0. The second kappa shape index (κ2) is 11.8. The minimum Gasteiger partial charge on any atom is -0.494 e. The Morgan fingerprint density at radius 2 is 1.40 bits per heavy atom. The van der Waals surface area contributed by atoms with E-state index in [1.807, 2.05) is 36.4 Å². The maximum absolute atomic E-state index is 12.0. The molecule has 0 spiro atoms. The zero-order valence-corrected chi connectivity index (χ0v) is 17.3. The first-order valence-electron chi connectivity index (χ1n) is 10.5. The molecular weight excluding hydrogens is 380 g/mol. The molecule has 7 nitrogen and oxygen atoms in total. The van der Waals surface area contributed by atoms with Gasteiger partial charge in [0.05, 0.1) is 6.61 Å². The molecule has 1 aliphatic rings. The highest BCUT2D eigenvalue weighted by atomic mass is 16.5. The Kier molecular flexibility index (Phi) is 8.53. The number of nitrogens with one attached hydrogen (secondary N) is 2. The molecule has 0 atom stereocenters. The lowest BCUT2D eigenvalue weighted by Gasteiger charge is -2.36. The predicted octanol–water partition coefficient (Wildman–Crippen LogP) is 2.21. The highest BCUT2D eigenvalue weighted by Gasteiger charge is 2.17. The molecule has 2 aromatic rings. The molecule has 0 aromatic heterocycles. The van der Waals surface area contributed by atoms with Crippen molar-refractivity contribution in [2.24, 2.45) is 0 Å². The third-order valence-electron chi connectivity index (χ3n) is 5.05. The number of benzene rings is 2. The summed E-state index contributed by atoms with van der Waals surface area (Å²) in [6.07, 6.45) is 1.25. The number of amides is 2. The molecule has 1 heterocycles. The van der Waals surface area contributed by atoms with E-state index in [2.05, 4.69) is 44.9 Å². The summed E-state index contributed by atoms with van der Waals surface area (Å²) in [7, 11) is 0. The van der Waals surface area contributed by atoms with Crippen LogP contribution in [0.4, 0.5) is 5.69 Å². The summed E-state index contributed by atoms with van der Waals surface area (Å²) >= 11 is 0. The number of carbonyl (C=O) groups is 2. The van der Waals surface area contributed by atoms with Gasteiger partial charge in [-0.15, -0.1) is 0 Å². The van der Waals surface area contributed by atoms with E-state index in [1.165, 1.54) is 5.69 Å². The van der Waals surface area contributed by atoms with Crippen LogP contribution in [0.25, 0.3) is 0 Å². The van der Waals surface area contributed by atoms with Crippen molar-refractivity contribution in [3.8, 4) is 5.75 Å². The van der Waals surface area contributed by atoms with Crippen molar-refractivity contribution in [2.75, 3.05) is 44.2 Å². The maximum Gasteiger partial charge on any atom is 0.239 e. The summed E-state index contributed by atoms with van der Waals surface area (Å²) in [6.45, 7) is 4.91. The highest BCUT2D eigenvalue weighted by Crippen LogP contribution is 2.15. The van der Waals surface area contributed by atoms with Gasteiger partial charge in [-0.2, -0.15) is 0 Å². The first-order valence-corrected chi connectivity index (χ1v) is 10.5. The summed E-state index contributed by atoms with van der Waals surface area (Å²) in [6, 6.07) is 19.9. The zero-order valence-electron chi connectivity index (χ0n) is 17.3. The number of para-hydroxylation sites is 2. The molecule has 0 bridgehead atoms. The van der Waals surface area contributed by atoms with Crippen LogP contribution >= 0.6 is 0 Å². The number of hydrazine groups is 1. The van der Waals surface area contributed by atoms with E-state index in [-0.39, 0.29) is 11.8 Å². The van der Waals surface area contributed by atoms with Crippen molar-refractivity contribution in [1.29, 1.82) is 0 Å². The van der Waals surface area contributed by atoms with Gasteiger partial charge < -0.3 is 9.64 Å². The lowest BCUT2D eigenvalue weighted by atomic mass is 10.2. The van der Waals surface area contributed by atoms with E-state index in [0.717, 1.165) is 31.9 Å². The highest BCUT2D eigenvalue weighted by molar-refractivity contribution is 5.81. The molecular formula is C23H30N4O3. The number of piperazine rings is 1. The normalized spacial score (nSPS) is 14.2. The van der Waals surface area contributed by atoms with Gasteiger partial charge in [0.25, 0.3) is 0 Å². The van der Waals surface area contributed by atoms with Crippen LogP contribution < -0.4 is 20.5 Å². The number of ether oxygens (including phenoxy) is 1. The van der Waals surface area contributed by atoms with Gasteiger partial charge in [-0.1, -0.05) is 36.4 Å². The van der Waals surface area contributed by atoms with Crippen LogP contribution in [0.5, 0.6) is 5.75 Å². The lowest BCUT2D eigenvalue weighted by Crippen LogP contribution is -2.48. The second-order valence-corrected chi connectivity index (χ2v) is 7.28. The number of hydrogen-bond donors (Lipinski definition) is 2. The fourth-order valence-corrected chi connectivity index (χ4v) is 3.33. The van der Waals surface area contributed by atoms with Crippen molar-refractivity contribution < 1.29 is 14.3 Å². The third kappa shape index (κ3) is 7.40. The molecule has 2 N–H and O–H groups in total. The van der Waals surface area contributed by atoms with E-state index in [4.69, 9.17) is 4.74 Å². The molecule has 7 heteroatoms. The first kappa shape index (κ1) is 21.6. The first-order chi connectivity index (χ1) is 14.7. The Morgan fingerprint density at radius 1 is 0.800 bits per heavy atom. The second-order valence-electron chi connectivity index (χ2n) is 7.28. The largest absolute Gasteiger partial charge is 0.494 e.